The number of phenols is 1. The number of amides is 3. The van der Waals surface area contributed by atoms with Gasteiger partial charge in [0, 0.05) is 23.2 Å². The van der Waals surface area contributed by atoms with E-state index < -0.39 is 28.3 Å². The Morgan fingerprint density at radius 2 is 2.14 bits per heavy atom. The second-order valence-electron chi connectivity index (χ2n) is 4.31. The molecule has 1 heterocycles. The van der Waals surface area contributed by atoms with Gasteiger partial charge in [0.15, 0.2) is 0 Å². The highest BCUT2D eigenvalue weighted by Gasteiger charge is 2.33. The lowest BCUT2D eigenvalue weighted by atomic mass is 10.1. The summed E-state index contributed by atoms with van der Waals surface area (Å²) in [6, 6.07) is 1.58. The van der Waals surface area contributed by atoms with Gasteiger partial charge in [-0.1, -0.05) is 17.7 Å². The lowest BCUT2D eigenvalue weighted by Gasteiger charge is -2.07. The SMILES string of the molecule is C=CCN1C(=O)N/C(=C/c2cc(Cl)cc([N+](=O)[O-])c2O)C1=O. The molecule has 1 fully saturated rings. The number of nitrogens with zero attached hydrogens (tertiary/aromatic N) is 2. The number of benzene rings is 1. The van der Waals surface area contributed by atoms with Crippen molar-refractivity contribution in [2.24, 2.45) is 0 Å². The molecule has 9 heteroatoms. The van der Waals surface area contributed by atoms with Crippen LogP contribution in [0.4, 0.5) is 10.5 Å². The Kier molecular flexibility index (Phi) is 4.13. The zero-order valence-electron chi connectivity index (χ0n) is 11.1. The van der Waals surface area contributed by atoms with Crippen LogP contribution < -0.4 is 5.32 Å². The van der Waals surface area contributed by atoms with Gasteiger partial charge in [-0.2, -0.15) is 0 Å². The fourth-order valence-corrected chi connectivity index (χ4v) is 2.10. The van der Waals surface area contributed by atoms with Gasteiger partial charge in [-0.25, -0.2) is 4.79 Å². The third-order valence-corrected chi connectivity index (χ3v) is 3.07. The molecule has 2 N–H and O–H groups in total. The number of urea groups is 1. The number of halogens is 1. The summed E-state index contributed by atoms with van der Waals surface area (Å²) >= 11 is 5.75. The highest BCUT2D eigenvalue weighted by Crippen LogP contribution is 2.34. The number of aromatic hydroxyl groups is 1. The Balaban J connectivity index is 2.46. The normalized spacial score (nSPS) is 16.0. The van der Waals surface area contributed by atoms with Gasteiger partial charge in [0.1, 0.15) is 5.70 Å². The average Bonchev–Trinajstić information content (AvgIpc) is 2.70. The first-order valence-electron chi connectivity index (χ1n) is 5.97. The number of carbonyl (C=O) groups excluding carboxylic acids is 2. The number of nitro groups is 1. The van der Waals surface area contributed by atoms with Crippen molar-refractivity contribution in [2.75, 3.05) is 6.54 Å². The quantitative estimate of drug-likeness (QED) is 0.289. The van der Waals surface area contributed by atoms with Crippen LogP contribution >= 0.6 is 11.6 Å². The highest BCUT2D eigenvalue weighted by atomic mass is 35.5. The second kappa shape index (κ2) is 5.86. The topological polar surface area (TPSA) is 113 Å². The molecule has 1 aromatic rings. The van der Waals surface area contributed by atoms with Crippen LogP contribution in [0, 0.1) is 10.1 Å². The fraction of sp³-hybridized carbons (Fsp3) is 0.0769. The number of hydrogen-bond acceptors (Lipinski definition) is 5. The molecule has 1 aliphatic rings. The molecule has 1 aromatic carbocycles. The van der Waals surface area contributed by atoms with Gasteiger partial charge in [0.25, 0.3) is 5.91 Å². The molecule has 0 saturated carbocycles. The number of hydrogen-bond donors (Lipinski definition) is 2. The first kappa shape index (κ1) is 15.5. The minimum absolute atomic E-state index is 0.0103. The molecule has 0 radical (unpaired) electrons. The first-order chi connectivity index (χ1) is 10.3. The fourth-order valence-electron chi connectivity index (χ4n) is 1.88. The Hall–Kier alpha value is -2.87. The van der Waals surface area contributed by atoms with Crippen molar-refractivity contribution in [1.29, 1.82) is 0 Å². The minimum Gasteiger partial charge on any atom is -0.502 e. The molecule has 1 saturated heterocycles. The Bertz CT molecular complexity index is 729. The molecule has 0 atom stereocenters. The van der Waals surface area contributed by atoms with Crippen LogP contribution in [0.5, 0.6) is 5.75 Å². The van der Waals surface area contributed by atoms with Gasteiger partial charge in [-0.15, -0.1) is 6.58 Å². The van der Waals surface area contributed by atoms with Crippen molar-refractivity contribution in [3.05, 3.63) is 51.2 Å². The van der Waals surface area contributed by atoms with Gasteiger partial charge in [-0.05, 0) is 12.1 Å². The van der Waals surface area contributed by atoms with E-state index in [1.54, 1.807) is 0 Å². The number of carbonyl (C=O) groups is 2. The van der Waals surface area contributed by atoms with Crippen molar-refractivity contribution in [3.63, 3.8) is 0 Å². The van der Waals surface area contributed by atoms with Gasteiger partial charge in [0.2, 0.25) is 5.75 Å². The van der Waals surface area contributed by atoms with Crippen LogP contribution in [0.25, 0.3) is 6.08 Å². The summed E-state index contributed by atoms with van der Waals surface area (Å²) in [5.41, 5.74) is -0.777. The van der Waals surface area contributed by atoms with Crippen LogP contribution in [0.3, 0.4) is 0 Å². The zero-order valence-corrected chi connectivity index (χ0v) is 11.8. The molecule has 0 unspecified atom stereocenters. The molecule has 22 heavy (non-hydrogen) atoms. The summed E-state index contributed by atoms with van der Waals surface area (Å²) in [6.07, 6.45) is 2.50. The summed E-state index contributed by atoms with van der Waals surface area (Å²) in [4.78, 5) is 34.5. The van der Waals surface area contributed by atoms with Crippen molar-refractivity contribution in [1.82, 2.24) is 10.2 Å². The van der Waals surface area contributed by atoms with Crippen molar-refractivity contribution < 1.29 is 19.6 Å². The van der Waals surface area contributed by atoms with Gasteiger partial charge in [0.05, 0.1) is 4.92 Å². The maximum absolute atomic E-state index is 12.0. The third kappa shape index (κ3) is 2.77. The molecular weight excluding hydrogens is 314 g/mol. The number of rotatable bonds is 4. The van der Waals surface area contributed by atoms with Crippen molar-refractivity contribution in [2.45, 2.75) is 0 Å². The Morgan fingerprint density at radius 3 is 2.73 bits per heavy atom. The molecule has 0 bridgehead atoms. The smallest absolute Gasteiger partial charge is 0.329 e. The lowest BCUT2D eigenvalue weighted by Crippen LogP contribution is -2.30. The van der Waals surface area contributed by atoms with E-state index in [0.717, 1.165) is 17.0 Å². The molecule has 2 rings (SSSR count). The molecule has 0 aliphatic carbocycles. The number of phenolic OH excluding ortho intramolecular Hbond substituents is 1. The summed E-state index contributed by atoms with van der Waals surface area (Å²) in [5, 5.41) is 23.0. The summed E-state index contributed by atoms with van der Waals surface area (Å²) in [6.45, 7) is 3.45. The monoisotopic (exact) mass is 323 g/mol. The van der Waals surface area contributed by atoms with E-state index in [4.69, 9.17) is 11.6 Å². The van der Waals surface area contributed by atoms with Crippen molar-refractivity contribution in [3.8, 4) is 5.75 Å². The summed E-state index contributed by atoms with van der Waals surface area (Å²) in [7, 11) is 0. The van der Waals surface area contributed by atoms with E-state index in [1.165, 1.54) is 12.1 Å². The van der Waals surface area contributed by atoms with E-state index in [0.29, 0.717) is 0 Å². The number of nitrogens with one attached hydrogen (secondary N) is 1. The maximum Gasteiger partial charge on any atom is 0.329 e. The van der Waals surface area contributed by atoms with Gasteiger partial charge >= 0.3 is 11.7 Å². The van der Waals surface area contributed by atoms with E-state index in [1.807, 2.05) is 0 Å². The van der Waals surface area contributed by atoms with Crippen LogP contribution in [0.2, 0.25) is 5.02 Å². The molecular formula is C13H10ClN3O5. The maximum atomic E-state index is 12.0. The van der Waals surface area contributed by atoms with E-state index >= 15 is 0 Å². The van der Waals surface area contributed by atoms with Gasteiger partial charge in [-0.3, -0.25) is 19.8 Å². The second-order valence-corrected chi connectivity index (χ2v) is 4.75. The molecule has 1 aliphatic heterocycles. The van der Waals surface area contributed by atoms with E-state index in [-0.39, 0.29) is 22.8 Å². The van der Waals surface area contributed by atoms with E-state index in [2.05, 4.69) is 11.9 Å². The van der Waals surface area contributed by atoms with Crippen LogP contribution in [0.15, 0.2) is 30.5 Å². The Labute approximate surface area is 129 Å². The lowest BCUT2D eigenvalue weighted by molar-refractivity contribution is -0.385. The minimum atomic E-state index is -0.803. The first-order valence-corrected chi connectivity index (χ1v) is 6.35. The average molecular weight is 324 g/mol. The third-order valence-electron chi connectivity index (χ3n) is 2.85. The molecule has 8 nitrogen and oxygen atoms in total. The Morgan fingerprint density at radius 1 is 1.45 bits per heavy atom. The van der Waals surface area contributed by atoms with Crippen LogP contribution in [-0.2, 0) is 4.79 Å². The van der Waals surface area contributed by atoms with Crippen LogP contribution in [0.1, 0.15) is 5.56 Å². The molecule has 0 spiro atoms. The number of nitro benzene ring substituents is 1. The number of imide groups is 1. The van der Waals surface area contributed by atoms with Gasteiger partial charge < -0.3 is 10.4 Å². The van der Waals surface area contributed by atoms with Crippen molar-refractivity contribution >= 4 is 35.3 Å². The summed E-state index contributed by atoms with van der Waals surface area (Å²) in [5.74, 6) is -1.28. The zero-order chi connectivity index (χ0) is 16.4. The molecule has 3 amide bonds. The highest BCUT2D eigenvalue weighted by molar-refractivity contribution is 6.31. The largest absolute Gasteiger partial charge is 0.502 e. The summed E-state index contributed by atoms with van der Waals surface area (Å²) < 4.78 is 0. The van der Waals surface area contributed by atoms with Crippen LogP contribution in [-0.4, -0.2) is 33.4 Å². The predicted octanol–water partition coefficient (Wildman–Crippen LogP) is 2.03. The standard InChI is InChI=1S/C13H10ClN3O5/c1-2-3-16-12(19)9(15-13(16)20)5-7-4-8(14)6-10(11(7)18)17(21)22/h2,4-6,18H,1,3H2,(H,15,20)/b9-5+. The predicted molar refractivity (Wildman–Crippen MR) is 78.2 cm³/mol. The molecule has 0 aromatic heterocycles. The molecule has 114 valence electrons. The van der Waals surface area contributed by atoms with E-state index in [9.17, 15) is 24.8 Å².